The van der Waals surface area contributed by atoms with Crippen LogP contribution >= 0.6 is 0 Å². The van der Waals surface area contributed by atoms with Crippen molar-refractivity contribution in [2.75, 3.05) is 0 Å². The van der Waals surface area contributed by atoms with Gasteiger partial charge in [0.15, 0.2) is 17.3 Å². The number of hydrogen-bond donors (Lipinski definition) is 0. The first-order valence-corrected chi connectivity index (χ1v) is 13.5. The van der Waals surface area contributed by atoms with Gasteiger partial charge in [0, 0.05) is 5.56 Å². The van der Waals surface area contributed by atoms with Crippen molar-refractivity contribution in [3.8, 4) is 46.0 Å². The molecule has 6 rings (SSSR count). The lowest BCUT2D eigenvalue weighted by Gasteiger charge is -2.19. The predicted octanol–water partition coefficient (Wildman–Crippen LogP) is 10.1. The first-order chi connectivity index (χ1) is 20.7. The molecule has 5 nitrogen and oxygen atoms in total. The van der Waals surface area contributed by atoms with Crippen LogP contribution in [0.25, 0.3) is 0 Å². The summed E-state index contributed by atoms with van der Waals surface area (Å²) in [5.41, 5.74) is 0.789. The van der Waals surface area contributed by atoms with Gasteiger partial charge in [-0.1, -0.05) is 72.8 Å². The van der Waals surface area contributed by atoms with Crippen molar-refractivity contribution in [2.24, 2.45) is 0 Å². The summed E-state index contributed by atoms with van der Waals surface area (Å²) in [6.07, 6.45) is 0. The third-order valence-electron chi connectivity index (χ3n) is 6.31. The highest BCUT2D eigenvalue weighted by Crippen LogP contribution is 2.47. The average molecular weight is 551 g/mol. The van der Waals surface area contributed by atoms with Gasteiger partial charge < -0.3 is 18.9 Å². The van der Waals surface area contributed by atoms with E-state index in [0.29, 0.717) is 45.6 Å². The zero-order chi connectivity index (χ0) is 28.6. The van der Waals surface area contributed by atoms with Gasteiger partial charge in [-0.2, -0.15) is 0 Å². The first kappa shape index (κ1) is 26.4. The van der Waals surface area contributed by atoms with E-state index in [1.165, 1.54) is 0 Å². The molecule has 0 heterocycles. The molecule has 42 heavy (non-hydrogen) atoms. The van der Waals surface area contributed by atoms with Crippen LogP contribution in [0.5, 0.6) is 46.0 Å². The molecule has 204 valence electrons. The smallest absolute Gasteiger partial charge is 0.213 e. The van der Waals surface area contributed by atoms with Crippen molar-refractivity contribution in [3.05, 3.63) is 169 Å². The fraction of sp³-hybridized carbons (Fsp3) is 0. The maximum Gasteiger partial charge on any atom is 0.213 e. The van der Waals surface area contributed by atoms with Gasteiger partial charge in [-0.3, -0.25) is 4.79 Å². The average Bonchev–Trinajstić information content (AvgIpc) is 3.05. The lowest BCUT2D eigenvalue weighted by Crippen LogP contribution is -2.06. The molecule has 0 saturated heterocycles. The summed E-state index contributed by atoms with van der Waals surface area (Å²) in [4.78, 5) is 14.0. The molecule has 0 aromatic heterocycles. The highest BCUT2D eigenvalue weighted by Gasteiger charge is 2.25. The van der Waals surface area contributed by atoms with Crippen LogP contribution < -0.4 is 18.9 Å². The highest BCUT2D eigenvalue weighted by atomic mass is 16.5. The summed E-state index contributed by atoms with van der Waals surface area (Å²) in [5.74, 6) is 3.76. The Balaban J connectivity index is 1.42. The number of rotatable bonds is 10. The molecule has 0 fully saturated rings. The van der Waals surface area contributed by atoms with Crippen molar-refractivity contribution in [1.82, 2.24) is 0 Å². The molecule has 0 spiro atoms. The van der Waals surface area contributed by atoms with Crippen LogP contribution in [-0.2, 0) is 0 Å². The fourth-order valence-corrected chi connectivity index (χ4v) is 4.28. The van der Waals surface area contributed by atoms with Gasteiger partial charge in [-0.25, -0.2) is 0 Å². The minimum atomic E-state index is -0.239. The Hall–Kier alpha value is -5.81. The van der Waals surface area contributed by atoms with Crippen molar-refractivity contribution in [3.63, 3.8) is 0 Å². The van der Waals surface area contributed by atoms with E-state index >= 15 is 0 Å². The Kier molecular flexibility index (Phi) is 7.91. The number of ether oxygens (including phenoxy) is 4. The highest BCUT2D eigenvalue weighted by molar-refractivity contribution is 6.11. The van der Waals surface area contributed by atoms with Crippen LogP contribution in [0, 0.1) is 0 Å². The molecule has 0 bridgehead atoms. The third-order valence-corrected chi connectivity index (χ3v) is 6.31. The molecule has 0 amide bonds. The molecule has 6 aromatic rings. The van der Waals surface area contributed by atoms with Gasteiger partial charge in [0.2, 0.25) is 5.75 Å². The van der Waals surface area contributed by atoms with Gasteiger partial charge in [0.05, 0.1) is 5.56 Å². The first-order valence-electron chi connectivity index (χ1n) is 13.5. The van der Waals surface area contributed by atoms with E-state index < -0.39 is 0 Å². The van der Waals surface area contributed by atoms with Crippen molar-refractivity contribution in [2.45, 2.75) is 0 Å². The molecule has 0 N–H and O–H groups in total. The summed E-state index contributed by atoms with van der Waals surface area (Å²) < 4.78 is 24.9. The van der Waals surface area contributed by atoms with Gasteiger partial charge in [-0.15, -0.1) is 0 Å². The molecule has 6 aromatic carbocycles. The third kappa shape index (κ3) is 6.32. The Morgan fingerprint density at radius 1 is 0.357 bits per heavy atom. The largest absolute Gasteiger partial charge is 0.457 e. The Labute approximate surface area is 244 Å². The van der Waals surface area contributed by atoms with Gasteiger partial charge in [0.1, 0.15) is 28.7 Å². The fourth-order valence-electron chi connectivity index (χ4n) is 4.28. The summed E-state index contributed by atoms with van der Waals surface area (Å²) >= 11 is 0. The maximum atomic E-state index is 14.0. The summed E-state index contributed by atoms with van der Waals surface area (Å²) in [6.45, 7) is 0. The molecule has 0 unspecified atom stereocenters. The van der Waals surface area contributed by atoms with E-state index in [1.54, 1.807) is 36.4 Å². The molecule has 0 saturated carbocycles. The molecular weight excluding hydrogens is 524 g/mol. The Morgan fingerprint density at radius 3 is 1.26 bits per heavy atom. The number of carbonyl (C=O) groups is 1. The number of ketones is 1. The Morgan fingerprint density at radius 2 is 0.762 bits per heavy atom. The summed E-state index contributed by atoms with van der Waals surface area (Å²) in [5, 5.41) is 0. The lowest BCUT2D eigenvalue weighted by atomic mass is 10.0. The van der Waals surface area contributed by atoms with Gasteiger partial charge >= 0.3 is 0 Å². The quantitative estimate of drug-likeness (QED) is 0.159. The molecule has 0 atom stereocenters. The number of carbonyl (C=O) groups excluding carboxylic acids is 1. The molecule has 0 radical (unpaired) electrons. The van der Waals surface area contributed by atoms with E-state index in [2.05, 4.69) is 0 Å². The second-order valence-electron chi connectivity index (χ2n) is 9.28. The minimum Gasteiger partial charge on any atom is -0.457 e. The summed E-state index contributed by atoms with van der Waals surface area (Å²) in [6, 6.07) is 47.9. The minimum absolute atomic E-state index is 0.239. The molecule has 0 aliphatic carbocycles. The van der Waals surface area contributed by atoms with Crippen molar-refractivity contribution in [1.29, 1.82) is 0 Å². The van der Waals surface area contributed by atoms with Crippen LogP contribution in [-0.4, -0.2) is 5.78 Å². The Bertz CT molecular complexity index is 1750. The molecular formula is C37H26O5. The number of hydrogen-bond acceptors (Lipinski definition) is 5. The topological polar surface area (TPSA) is 54.0 Å². The van der Waals surface area contributed by atoms with Crippen LogP contribution in [0.4, 0.5) is 0 Å². The van der Waals surface area contributed by atoms with E-state index in [0.717, 1.165) is 0 Å². The zero-order valence-electron chi connectivity index (χ0n) is 22.6. The van der Waals surface area contributed by atoms with Crippen molar-refractivity contribution >= 4 is 5.78 Å². The van der Waals surface area contributed by atoms with Crippen LogP contribution in [0.3, 0.4) is 0 Å². The molecule has 5 heteroatoms. The predicted molar refractivity (Wildman–Crippen MR) is 162 cm³/mol. The van der Waals surface area contributed by atoms with Gasteiger partial charge in [-0.05, 0) is 84.9 Å². The van der Waals surface area contributed by atoms with E-state index in [1.807, 2.05) is 121 Å². The standard InChI is InChI=1S/C37H26O5/c38-35(27-21-23-32(24-22-27)39-28-13-5-1-6-14-28)33-25-26-34(40-29-15-7-2-8-16-29)37(42-31-19-11-4-12-20-31)36(33)41-30-17-9-3-10-18-30/h1-26H. The second-order valence-corrected chi connectivity index (χ2v) is 9.28. The van der Waals surface area contributed by atoms with Crippen LogP contribution in [0.15, 0.2) is 158 Å². The summed E-state index contributed by atoms with van der Waals surface area (Å²) in [7, 11) is 0. The second kappa shape index (κ2) is 12.6. The molecule has 0 aliphatic heterocycles. The number of para-hydroxylation sites is 4. The van der Waals surface area contributed by atoms with Crippen LogP contribution in [0.1, 0.15) is 15.9 Å². The zero-order valence-corrected chi connectivity index (χ0v) is 22.6. The monoisotopic (exact) mass is 550 g/mol. The van der Waals surface area contributed by atoms with E-state index in [4.69, 9.17) is 18.9 Å². The van der Waals surface area contributed by atoms with E-state index in [9.17, 15) is 4.79 Å². The normalized spacial score (nSPS) is 10.5. The van der Waals surface area contributed by atoms with Gasteiger partial charge in [0.25, 0.3) is 0 Å². The van der Waals surface area contributed by atoms with Crippen molar-refractivity contribution < 1.29 is 23.7 Å². The lowest BCUT2D eigenvalue weighted by molar-refractivity contribution is 0.103. The number of benzene rings is 6. The SMILES string of the molecule is O=C(c1ccc(Oc2ccccc2)cc1)c1ccc(Oc2ccccc2)c(Oc2ccccc2)c1Oc1ccccc1. The van der Waals surface area contributed by atoms with Crippen LogP contribution in [0.2, 0.25) is 0 Å². The molecule has 0 aliphatic rings. The maximum absolute atomic E-state index is 14.0. The van der Waals surface area contributed by atoms with E-state index in [-0.39, 0.29) is 17.3 Å².